The molecule has 0 atom stereocenters. The first-order valence-corrected chi connectivity index (χ1v) is 8.15. The average Bonchev–Trinajstić information content (AvgIpc) is 2.53. The van der Waals surface area contributed by atoms with Crippen LogP contribution in [0.4, 0.5) is 0 Å². The summed E-state index contributed by atoms with van der Waals surface area (Å²) in [6, 6.07) is 9.06. The summed E-state index contributed by atoms with van der Waals surface area (Å²) in [5.74, 6) is 0.246. The van der Waals surface area contributed by atoms with E-state index in [9.17, 15) is 9.90 Å². The van der Waals surface area contributed by atoms with Gasteiger partial charge in [-0.15, -0.1) is 0 Å². The van der Waals surface area contributed by atoms with Crippen LogP contribution in [0.25, 0.3) is 0 Å². The van der Waals surface area contributed by atoms with E-state index < -0.39 is 5.97 Å². The highest BCUT2D eigenvalue weighted by Crippen LogP contribution is 2.35. The molecule has 0 heterocycles. The minimum Gasteiger partial charge on any atom is -0.493 e. The number of carbonyl (C=O) groups is 1. The summed E-state index contributed by atoms with van der Waals surface area (Å²) in [6.07, 6.45) is 0. The van der Waals surface area contributed by atoms with Gasteiger partial charge in [0.2, 0.25) is 0 Å². The van der Waals surface area contributed by atoms with Crippen molar-refractivity contribution >= 4 is 21.9 Å². The Morgan fingerprint density at radius 1 is 1.08 bits per heavy atom. The normalized spacial score (nSPS) is 10.3. The molecule has 2 aromatic carbocycles. The molecule has 0 aliphatic heterocycles. The van der Waals surface area contributed by atoms with Gasteiger partial charge in [0.05, 0.1) is 7.11 Å². The van der Waals surface area contributed by atoms with E-state index in [-0.39, 0.29) is 17.9 Å². The fraction of sp³-hybridized carbons (Fsp3) is 0.278. The molecule has 0 aliphatic rings. The number of carboxylic acid groups (broad SMARTS) is 1. The molecule has 1 N–H and O–H groups in total. The van der Waals surface area contributed by atoms with E-state index in [0.29, 0.717) is 16.8 Å². The smallest absolute Gasteiger partial charge is 0.339 e. The van der Waals surface area contributed by atoms with E-state index in [2.05, 4.69) is 15.9 Å². The van der Waals surface area contributed by atoms with Crippen LogP contribution >= 0.6 is 15.9 Å². The molecule has 0 radical (unpaired) electrons. The van der Waals surface area contributed by atoms with Crippen molar-refractivity contribution in [3.05, 3.63) is 51.5 Å². The molecule has 0 spiro atoms. The van der Waals surface area contributed by atoms with E-state index in [0.717, 1.165) is 11.3 Å². The van der Waals surface area contributed by atoms with E-state index in [1.807, 2.05) is 32.0 Å². The van der Waals surface area contributed by atoms with Crippen molar-refractivity contribution in [2.24, 2.45) is 0 Å². The molecular weight excluding hydrogens is 376 g/mol. The van der Waals surface area contributed by atoms with Crippen molar-refractivity contribution in [3.8, 4) is 17.2 Å². The lowest BCUT2D eigenvalue weighted by Crippen LogP contribution is -2.12. The fourth-order valence-electron chi connectivity index (χ4n) is 2.28. The van der Waals surface area contributed by atoms with Crippen molar-refractivity contribution in [2.45, 2.75) is 13.8 Å². The van der Waals surface area contributed by atoms with Crippen molar-refractivity contribution in [1.82, 2.24) is 0 Å². The van der Waals surface area contributed by atoms with Gasteiger partial charge in [0.25, 0.3) is 0 Å². The van der Waals surface area contributed by atoms with Crippen LogP contribution in [0.3, 0.4) is 0 Å². The van der Waals surface area contributed by atoms with E-state index in [4.69, 9.17) is 14.2 Å². The molecule has 0 saturated carbocycles. The Labute approximate surface area is 149 Å². The maximum absolute atomic E-state index is 11.4. The van der Waals surface area contributed by atoms with Crippen LogP contribution in [0.15, 0.2) is 34.8 Å². The Morgan fingerprint density at radius 3 is 2.42 bits per heavy atom. The quantitative estimate of drug-likeness (QED) is 0.711. The minimum absolute atomic E-state index is 0.0349. The van der Waals surface area contributed by atoms with Crippen molar-refractivity contribution in [2.75, 3.05) is 20.3 Å². The van der Waals surface area contributed by atoms with Crippen LogP contribution in [0.5, 0.6) is 17.2 Å². The van der Waals surface area contributed by atoms with Crippen molar-refractivity contribution in [1.29, 1.82) is 0 Å². The third-order valence-corrected chi connectivity index (χ3v) is 3.85. The molecule has 0 bridgehead atoms. The Balaban J connectivity index is 2.05. The highest BCUT2D eigenvalue weighted by Gasteiger charge is 2.18. The second-order valence-corrected chi connectivity index (χ2v) is 6.17. The third kappa shape index (κ3) is 4.41. The average molecular weight is 395 g/mol. The number of hydrogen-bond donors (Lipinski definition) is 1. The number of ether oxygens (including phenoxy) is 3. The molecule has 0 unspecified atom stereocenters. The molecule has 24 heavy (non-hydrogen) atoms. The maximum Gasteiger partial charge on any atom is 0.339 e. The number of rotatable bonds is 7. The third-order valence-electron chi connectivity index (χ3n) is 3.39. The molecule has 0 fully saturated rings. The monoisotopic (exact) mass is 394 g/mol. The molecule has 0 amide bonds. The number of hydrogen-bond acceptors (Lipinski definition) is 4. The summed E-state index contributed by atoms with van der Waals surface area (Å²) >= 11 is 3.26. The van der Waals surface area contributed by atoms with Gasteiger partial charge < -0.3 is 19.3 Å². The summed E-state index contributed by atoms with van der Waals surface area (Å²) in [4.78, 5) is 11.4. The van der Waals surface area contributed by atoms with Crippen LogP contribution in [0, 0.1) is 13.8 Å². The van der Waals surface area contributed by atoms with Gasteiger partial charge >= 0.3 is 5.97 Å². The zero-order valence-corrected chi connectivity index (χ0v) is 15.3. The summed E-state index contributed by atoms with van der Waals surface area (Å²) in [5.41, 5.74) is 2.25. The van der Waals surface area contributed by atoms with Gasteiger partial charge in [0, 0.05) is 4.47 Å². The molecule has 2 aromatic rings. The number of halogens is 1. The summed E-state index contributed by atoms with van der Waals surface area (Å²) in [7, 11) is 1.46. The molecule has 2 rings (SSSR count). The Hall–Kier alpha value is -2.21. The second kappa shape index (κ2) is 8.06. The maximum atomic E-state index is 11.4. The molecule has 5 nitrogen and oxygen atoms in total. The van der Waals surface area contributed by atoms with E-state index in [1.165, 1.54) is 18.7 Å². The number of aryl methyl sites for hydroxylation is 2. The van der Waals surface area contributed by atoms with Gasteiger partial charge in [-0.05, 0) is 37.6 Å². The van der Waals surface area contributed by atoms with E-state index in [1.54, 1.807) is 6.07 Å². The number of carboxylic acids is 1. The van der Waals surface area contributed by atoms with E-state index >= 15 is 0 Å². The van der Waals surface area contributed by atoms with Crippen LogP contribution < -0.4 is 14.2 Å². The highest BCUT2D eigenvalue weighted by molar-refractivity contribution is 9.10. The first-order chi connectivity index (χ1) is 11.4. The van der Waals surface area contributed by atoms with Gasteiger partial charge in [0.15, 0.2) is 11.5 Å². The van der Waals surface area contributed by atoms with Crippen LogP contribution in [-0.2, 0) is 0 Å². The van der Waals surface area contributed by atoms with Gasteiger partial charge in [-0.25, -0.2) is 4.79 Å². The zero-order valence-electron chi connectivity index (χ0n) is 13.8. The molecule has 6 heteroatoms. The molecule has 0 aliphatic carbocycles. The Bertz CT molecular complexity index is 742. The highest BCUT2D eigenvalue weighted by atomic mass is 79.9. The minimum atomic E-state index is -1.08. The predicted molar refractivity (Wildman–Crippen MR) is 94.6 cm³/mol. The Kier molecular flexibility index (Phi) is 6.09. The topological polar surface area (TPSA) is 65.0 Å². The standard InChI is InChI=1S/C18H19BrO5/c1-11-4-5-15(12(2)8-11)23-6-7-24-17-14(18(20)21)9-13(19)10-16(17)22-3/h4-5,8-10H,6-7H2,1-3H3,(H,20,21). The second-order valence-electron chi connectivity index (χ2n) is 5.26. The number of methoxy groups -OCH3 is 1. The predicted octanol–water partition coefficient (Wildman–Crippen LogP) is 4.23. The lowest BCUT2D eigenvalue weighted by molar-refractivity contribution is 0.0690. The molecule has 0 aromatic heterocycles. The largest absolute Gasteiger partial charge is 0.493 e. The van der Waals surface area contributed by atoms with Crippen LogP contribution in [-0.4, -0.2) is 31.4 Å². The number of benzene rings is 2. The summed E-state index contributed by atoms with van der Waals surface area (Å²) in [5, 5.41) is 9.32. The van der Waals surface area contributed by atoms with Gasteiger partial charge in [-0.1, -0.05) is 33.6 Å². The number of aromatic carboxylic acids is 1. The van der Waals surface area contributed by atoms with Gasteiger partial charge in [-0.2, -0.15) is 0 Å². The van der Waals surface area contributed by atoms with Gasteiger partial charge in [0.1, 0.15) is 24.5 Å². The first-order valence-electron chi connectivity index (χ1n) is 7.36. The van der Waals surface area contributed by atoms with Gasteiger partial charge in [-0.3, -0.25) is 0 Å². The zero-order chi connectivity index (χ0) is 17.7. The molecule has 0 saturated heterocycles. The van der Waals surface area contributed by atoms with Crippen molar-refractivity contribution in [3.63, 3.8) is 0 Å². The first kappa shape index (κ1) is 18.1. The van der Waals surface area contributed by atoms with Crippen LogP contribution in [0.1, 0.15) is 21.5 Å². The summed E-state index contributed by atoms with van der Waals surface area (Å²) < 4.78 is 17.1. The molecular formula is C18H19BrO5. The summed E-state index contributed by atoms with van der Waals surface area (Å²) in [6.45, 7) is 4.49. The van der Waals surface area contributed by atoms with Crippen LogP contribution in [0.2, 0.25) is 0 Å². The lowest BCUT2D eigenvalue weighted by atomic mass is 10.1. The lowest BCUT2D eigenvalue weighted by Gasteiger charge is -2.15. The Morgan fingerprint density at radius 2 is 1.79 bits per heavy atom. The SMILES string of the molecule is COc1cc(Br)cc(C(=O)O)c1OCCOc1ccc(C)cc1C. The molecule has 128 valence electrons. The van der Waals surface area contributed by atoms with Crippen molar-refractivity contribution < 1.29 is 24.1 Å². The fourth-order valence-corrected chi connectivity index (χ4v) is 2.72.